The minimum absolute atomic E-state index is 0.00676. The molecule has 5 nitrogen and oxygen atoms in total. The van der Waals surface area contributed by atoms with Crippen molar-refractivity contribution in [3.63, 3.8) is 0 Å². The summed E-state index contributed by atoms with van der Waals surface area (Å²) in [6.45, 7) is 1.14. The number of ketones is 1. The zero-order valence-corrected chi connectivity index (χ0v) is 6.89. The molecule has 0 fully saturated rings. The van der Waals surface area contributed by atoms with Crippen molar-refractivity contribution in [3.05, 3.63) is 11.6 Å². The van der Waals surface area contributed by atoms with Gasteiger partial charge in [-0.15, -0.1) is 0 Å². The summed E-state index contributed by atoms with van der Waals surface area (Å²) in [7, 11) is 0. The van der Waals surface area contributed by atoms with Gasteiger partial charge in [-0.2, -0.15) is 0 Å². The summed E-state index contributed by atoms with van der Waals surface area (Å²) in [5.41, 5.74) is -0.00676. The third kappa shape index (κ3) is 1.81. The Morgan fingerprint density at radius 1 is 1.69 bits per heavy atom. The van der Waals surface area contributed by atoms with Gasteiger partial charge >= 0.3 is 5.97 Å². The Kier molecular flexibility index (Phi) is 2.57. The van der Waals surface area contributed by atoms with Gasteiger partial charge in [0, 0.05) is 12.5 Å². The van der Waals surface area contributed by atoms with E-state index in [9.17, 15) is 19.5 Å². The van der Waals surface area contributed by atoms with Gasteiger partial charge in [-0.1, -0.05) is 0 Å². The van der Waals surface area contributed by atoms with Crippen LogP contribution in [0.3, 0.4) is 0 Å². The lowest BCUT2D eigenvalue weighted by molar-refractivity contribution is -0.150. The van der Waals surface area contributed by atoms with Crippen LogP contribution in [-0.2, 0) is 19.1 Å². The highest BCUT2D eigenvalue weighted by Crippen LogP contribution is 2.18. The quantitative estimate of drug-likeness (QED) is 0.439. The molecule has 13 heavy (non-hydrogen) atoms. The van der Waals surface area contributed by atoms with E-state index in [1.165, 1.54) is 0 Å². The van der Waals surface area contributed by atoms with E-state index in [0.717, 1.165) is 13.0 Å². The summed E-state index contributed by atoms with van der Waals surface area (Å²) in [6, 6.07) is 0. The maximum Gasteiger partial charge on any atom is 0.303 e. The van der Waals surface area contributed by atoms with Gasteiger partial charge in [0.25, 0.3) is 0 Å². The molecule has 5 heteroatoms. The van der Waals surface area contributed by atoms with Gasteiger partial charge < -0.3 is 9.84 Å². The molecule has 0 spiro atoms. The van der Waals surface area contributed by atoms with E-state index in [2.05, 4.69) is 4.74 Å². The Morgan fingerprint density at radius 2 is 2.31 bits per heavy atom. The van der Waals surface area contributed by atoms with E-state index in [4.69, 9.17) is 0 Å². The first-order valence-corrected chi connectivity index (χ1v) is 3.62. The van der Waals surface area contributed by atoms with E-state index >= 15 is 0 Å². The Hall–Kier alpha value is -1.49. The normalized spacial score (nSPS) is 26.9. The van der Waals surface area contributed by atoms with Gasteiger partial charge in [-0.3, -0.25) is 14.4 Å². The Labute approximate surface area is 74.0 Å². The van der Waals surface area contributed by atoms with Crippen molar-refractivity contribution < 1.29 is 24.2 Å². The number of esters is 1. The number of aliphatic hydroxyl groups is 1. The van der Waals surface area contributed by atoms with E-state index in [1.807, 2.05) is 0 Å². The fourth-order valence-corrected chi connectivity index (χ4v) is 1.08. The van der Waals surface area contributed by atoms with Gasteiger partial charge in [-0.25, -0.2) is 0 Å². The number of aliphatic hydroxyl groups excluding tert-OH is 1. The molecule has 1 N–H and O–H groups in total. The van der Waals surface area contributed by atoms with Crippen LogP contribution < -0.4 is 0 Å². The zero-order valence-electron chi connectivity index (χ0n) is 6.89. The van der Waals surface area contributed by atoms with Crippen LogP contribution in [0.1, 0.15) is 6.92 Å². The number of aldehydes is 1. The Bertz CT molecular complexity index is 291. The van der Waals surface area contributed by atoms with Gasteiger partial charge in [0.2, 0.25) is 0 Å². The predicted molar refractivity (Wildman–Crippen MR) is 40.7 cm³/mol. The average Bonchev–Trinajstić information content (AvgIpc) is 2.31. The minimum atomic E-state index is -1.44. The van der Waals surface area contributed by atoms with E-state index in [0.29, 0.717) is 6.29 Å². The summed E-state index contributed by atoms with van der Waals surface area (Å²) < 4.78 is 4.59. The number of carbonyl (C=O) groups excluding carboxylic acids is 3. The molecule has 0 saturated carbocycles. The highest BCUT2D eigenvalue weighted by molar-refractivity contribution is 6.03. The lowest BCUT2D eigenvalue weighted by Gasteiger charge is -2.14. The van der Waals surface area contributed by atoms with Crippen LogP contribution in [0.25, 0.3) is 0 Å². The second kappa shape index (κ2) is 3.49. The Balaban J connectivity index is 2.83. The summed E-state index contributed by atoms with van der Waals surface area (Å²) in [6.07, 6.45) is -1.21. The van der Waals surface area contributed by atoms with Crippen molar-refractivity contribution in [1.82, 2.24) is 0 Å². The monoisotopic (exact) mass is 184 g/mol. The average molecular weight is 184 g/mol. The van der Waals surface area contributed by atoms with Crippen molar-refractivity contribution in [2.75, 3.05) is 0 Å². The van der Waals surface area contributed by atoms with Crippen LogP contribution >= 0.6 is 0 Å². The molecule has 70 valence electrons. The zero-order chi connectivity index (χ0) is 10.0. The van der Waals surface area contributed by atoms with E-state index in [1.54, 1.807) is 0 Å². The fraction of sp³-hybridized carbons (Fsp3) is 0.375. The van der Waals surface area contributed by atoms with Gasteiger partial charge in [-0.05, 0) is 6.08 Å². The molecule has 1 aliphatic rings. The second-order valence-corrected chi connectivity index (χ2v) is 2.64. The molecule has 0 aromatic rings. The minimum Gasteiger partial charge on any atom is -0.454 e. The standard InChI is InChI=1S/C8H8O5/c1-4(10)13-8-5(3-9)2-6(11)7(8)12/h2-3,7-8,12H,1H3. The first-order valence-electron chi connectivity index (χ1n) is 3.62. The molecular formula is C8H8O5. The molecule has 0 amide bonds. The van der Waals surface area contributed by atoms with E-state index in [-0.39, 0.29) is 5.57 Å². The highest BCUT2D eigenvalue weighted by Gasteiger charge is 2.36. The number of ether oxygens (including phenoxy) is 1. The van der Waals surface area contributed by atoms with Crippen molar-refractivity contribution in [3.8, 4) is 0 Å². The molecule has 2 atom stereocenters. The lowest BCUT2D eigenvalue weighted by atomic mass is 10.2. The summed E-state index contributed by atoms with van der Waals surface area (Å²) in [5, 5.41) is 9.17. The van der Waals surface area contributed by atoms with Crippen molar-refractivity contribution in [1.29, 1.82) is 0 Å². The van der Waals surface area contributed by atoms with Gasteiger partial charge in [0.15, 0.2) is 18.0 Å². The Morgan fingerprint density at radius 3 is 2.77 bits per heavy atom. The van der Waals surface area contributed by atoms with Crippen LogP contribution in [0, 0.1) is 0 Å². The molecule has 0 aromatic heterocycles. The molecule has 0 aromatic carbocycles. The molecule has 0 saturated heterocycles. The first kappa shape index (κ1) is 9.60. The second-order valence-electron chi connectivity index (χ2n) is 2.64. The fourth-order valence-electron chi connectivity index (χ4n) is 1.08. The SMILES string of the molecule is CC(=O)OC1C(C=O)=CC(=O)C1O. The number of rotatable bonds is 2. The van der Waals surface area contributed by atoms with Crippen LogP contribution in [-0.4, -0.2) is 35.4 Å². The van der Waals surface area contributed by atoms with E-state index < -0.39 is 24.0 Å². The van der Waals surface area contributed by atoms with Gasteiger partial charge in [0.1, 0.15) is 6.29 Å². The largest absolute Gasteiger partial charge is 0.454 e. The number of hydrogen-bond donors (Lipinski definition) is 1. The first-order chi connectivity index (χ1) is 6.06. The summed E-state index contributed by atoms with van der Waals surface area (Å²) in [4.78, 5) is 31.8. The van der Waals surface area contributed by atoms with Crippen LogP contribution in [0.15, 0.2) is 11.6 Å². The molecule has 0 bridgehead atoms. The topological polar surface area (TPSA) is 80.7 Å². The van der Waals surface area contributed by atoms with Crippen molar-refractivity contribution in [2.45, 2.75) is 19.1 Å². The van der Waals surface area contributed by atoms with Crippen LogP contribution in [0.5, 0.6) is 0 Å². The number of hydrogen-bond acceptors (Lipinski definition) is 5. The molecule has 1 rings (SSSR count). The van der Waals surface area contributed by atoms with Crippen LogP contribution in [0.2, 0.25) is 0 Å². The highest BCUT2D eigenvalue weighted by atomic mass is 16.6. The molecule has 0 heterocycles. The maximum atomic E-state index is 10.9. The maximum absolute atomic E-state index is 10.9. The molecule has 2 unspecified atom stereocenters. The van der Waals surface area contributed by atoms with Crippen molar-refractivity contribution >= 4 is 18.0 Å². The number of carbonyl (C=O) groups is 3. The van der Waals surface area contributed by atoms with Crippen molar-refractivity contribution in [2.24, 2.45) is 0 Å². The van der Waals surface area contributed by atoms with Crippen LogP contribution in [0.4, 0.5) is 0 Å². The van der Waals surface area contributed by atoms with Gasteiger partial charge in [0.05, 0.1) is 0 Å². The molecule has 0 aliphatic heterocycles. The lowest BCUT2D eigenvalue weighted by Crippen LogP contribution is -2.32. The molecular weight excluding hydrogens is 176 g/mol. The summed E-state index contributed by atoms with van der Waals surface area (Å²) >= 11 is 0. The molecule has 0 radical (unpaired) electrons. The smallest absolute Gasteiger partial charge is 0.303 e. The summed E-state index contributed by atoms with van der Waals surface area (Å²) in [5.74, 6) is -1.26. The third-order valence-corrected chi connectivity index (χ3v) is 1.64. The predicted octanol–water partition coefficient (Wildman–Crippen LogP) is -1.01. The third-order valence-electron chi connectivity index (χ3n) is 1.64. The molecule has 1 aliphatic carbocycles.